The first-order valence-corrected chi connectivity index (χ1v) is 10.6. The highest BCUT2D eigenvalue weighted by atomic mass is 16.5. The minimum atomic E-state index is -0.291. The summed E-state index contributed by atoms with van der Waals surface area (Å²) in [5, 5.41) is 0. The zero-order valence-electron chi connectivity index (χ0n) is 17.2. The van der Waals surface area contributed by atoms with Gasteiger partial charge in [0, 0.05) is 57.0 Å². The summed E-state index contributed by atoms with van der Waals surface area (Å²) in [5.41, 5.74) is 4.47. The lowest BCUT2D eigenvalue weighted by Crippen LogP contribution is -2.48. The van der Waals surface area contributed by atoms with Gasteiger partial charge in [-0.2, -0.15) is 0 Å². The molecule has 5 nitrogen and oxygen atoms in total. The molecule has 1 saturated heterocycles. The molecule has 4 heterocycles. The SMILES string of the molecule is CC(C)Cn1cnc2c1C1(CCN(Cc3cccnc3)CC1)Oc1ccccc1-2. The Hall–Kier alpha value is -2.66. The maximum absolute atomic E-state index is 6.77. The number of aromatic nitrogens is 3. The number of ether oxygens (including phenoxy) is 1. The lowest BCUT2D eigenvalue weighted by Gasteiger charge is -2.45. The van der Waals surface area contributed by atoms with Gasteiger partial charge in [-0.3, -0.25) is 9.88 Å². The Labute approximate surface area is 172 Å². The van der Waals surface area contributed by atoms with E-state index in [2.05, 4.69) is 58.6 Å². The van der Waals surface area contributed by atoms with E-state index in [0.717, 1.165) is 56.0 Å². The number of rotatable bonds is 4. The first kappa shape index (κ1) is 18.4. The number of fused-ring (bicyclic) bond motifs is 4. The number of piperidine rings is 1. The quantitative estimate of drug-likeness (QED) is 0.661. The fourth-order valence-corrected chi connectivity index (χ4v) is 4.76. The van der Waals surface area contributed by atoms with E-state index in [1.165, 1.54) is 11.3 Å². The summed E-state index contributed by atoms with van der Waals surface area (Å²) in [6.45, 7) is 8.43. The van der Waals surface area contributed by atoms with E-state index in [1.807, 2.05) is 24.8 Å². The third kappa shape index (κ3) is 3.33. The van der Waals surface area contributed by atoms with Crippen LogP contribution in [0.1, 0.15) is 37.9 Å². The van der Waals surface area contributed by atoms with Crippen LogP contribution in [-0.4, -0.2) is 32.5 Å². The number of pyridine rings is 1. The molecule has 0 unspecified atom stereocenters. The standard InChI is InChI=1S/C24H28N4O/c1-18(2)15-28-17-26-22-20-7-3-4-8-21(20)29-24(23(22)28)9-12-27(13-10-24)16-19-6-5-11-25-14-19/h3-8,11,14,17-18H,9-10,12-13,15-16H2,1-2H3. The molecule has 0 radical (unpaired) electrons. The Morgan fingerprint density at radius 3 is 2.69 bits per heavy atom. The molecule has 0 atom stereocenters. The molecular formula is C24H28N4O. The molecule has 0 bridgehead atoms. The van der Waals surface area contributed by atoms with Crippen molar-refractivity contribution < 1.29 is 4.74 Å². The predicted octanol–water partition coefficient (Wildman–Crippen LogP) is 4.48. The van der Waals surface area contributed by atoms with Gasteiger partial charge in [0.25, 0.3) is 0 Å². The van der Waals surface area contributed by atoms with Gasteiger partial charge in [0.2, 0.25) is 0 Å². The summed E-state index contributed by atoms with van der Waals surface area (Å²) in [6.07, 6.45) is 7.75. The average molecular weight is 389 g/mol. The van der Waals surface area contributed by atoms with Crippen molar-refractivity contribution in [1.29, 1.82) is 0 Å². The lowest BCUT2D eigenvalue weighted by molar-refractivity contribution is -0.0133. The molecule has 0 amide bonds. The number of nitrogens with zero attached hydrogens (tertiary/aromatic N) is 4. The molecule has 1 aromatic carbocycles. The third-order valence-corrected chi connectivity index (χ3v) is 6.07. The van der Waals surface area contributed by atoms with Gasteiger partial charge in [-0.15, -0.1) is 0 Å². The number of hydrogen-bond donors (Lipinski definition) is 0. The van der Waals surface area contributed by atoms with E-state index in [0.29, 0.717) is 5.92 Å². The third-order valence-electron chi connectivity index (χ3n) is 6.07. The highest BCUT2D eigenvalue weighted by Crippen LogP contribution is 2.49. The first-order valence-electron chi connectivity index (χ1n) is 10.6. The summed E-state index contributed by atoms with van der Waals surface area (Å²) in [6, 6.07) is 12.5. The van der Waals surface area contributed by atoms with Crippen molar-refractivity contribution in [2.75, 3.05) is 13.1 Å². The van der Waals surface area contributed by atoms with Gasteiger partial charge in [0.05, 0.1) is 17.7 Å². The number of hydrogen-bond acceptors (Lipinski definition) is 4. The number of para-hydroxylation sites is 1. The molecule has 5 rings (SSSR count). The summed E-state index contributed by atoms with van der Waals surface area (Å²) >= 11 is 0. The van der Waals surface area contributed by atoms with Crippen molar-refractivity contribution in [3.63, 3.8) is 0 Å². The van der Waals surface area contributed by atoms with Crippen LogP contribution in [0.25, 0.3) is 11.3 Å². The van der Waals surface area contributed by atoms with Crippen LogP contribution in [0.3, 0.4) is 0 Å². The van der Waals surface area contributed by atoms with E-state index in [4.69, 9.17) is 9.72 Å². The van der Waals surface area contributed by atoms with Crippen LogP contribution >= 0.6 is 0 Å². The molecule has 2 aromatic heterocycles. The Morgan fingerprint density at radius 1 is 1.10 bits per heavy atom. The molecule has 0 aliphatic carbocycles. The molecule has 150 valence electrons. The fraction of sp³-hybridized carbons (Fsp3) is 0.417. The number of likely N-dealkylation sites (tertiary alicyclic amines) is 1. The molecule has 3 aromatic rings. The Balaban J connectivity index is 1.46. The summed E-state index contributed by atoms with van der Waals surface area (Å²) < 4.78 is 9.11. The van der Waals surface area contributed by atoms with Crippen LogP contribution in [-0.2, 0) is 18.7 Å². The minimum absolute atomic E-state index is 0.291. The van der Waals surface area contributed by atoms with Crippen molar-refractivity contribution in [1.82, 2.24) is 19.4 Å². The molecule has 2 aliphatic heterocycles. The van der Waals surface area contributed by atoms with E-state index in [-0.39, 0.29) is 5.60 Å². The van der Waals surface area contributed by atoms with Crippen LogP contribution in [0.15, 0.2) is 55.1 Å². The normalized spacial score (nSPS) is 17.8. The highest BCUT2D eigenvalue weighted by molar-refractivity contribution is 5.72. The van der Waals surface area contributed by atoms with E-state index >= 15 is 0 Å². The van der Waals surface area contributed by atoms with Gasteiger partial charge in [-0.1, -0.05) is 32.0 Å². The lowest BCUT2D eigenvalue weighted by atomic mass is 9.83. The molecule has 0 N–H and O–H groups in total. The molecule has 5 heteroatoms. The van der Waals surface area contributed by atoms with Crippen molar-refractivity contribution >= 4 is 0 Å². The number of benzene rings is 1. The van der Waals surface area contributed by atoms with Gasteiger partial charge in [0.15, 0.2) is 5.60 Å². The maximum atomic E-state index is 6.77. The molecular weight excluding hydrogens is 360 g/mol. The Morgan fingerprint density at radius 2 is 1.93 bits per heavy atom. The molecule has 2 aliphatic rings. The van der Waals surface area contributed by atoms with Crippen LogP contribution in [0, 0.1) is 5.92 Å². The highest BCUT2D eigenvalue weighted by Gasteiger charge is 2.46. The van der Waals surface area contributed by atoms with E-state index in [1.54, 1.807) is 0 Å². The molecule has 29 heavy (non-hydrogen) atoms. The zero-order valence-corrected chi connectivity index (χ0v) is 17.2. The molecule has 1 fully saturated rings. The van der Waals surface area contributed by atoms with Gasteiger partial charge in [-0.05, 0) is 29.7 Å². The van der Waals surface area contributed by atoms with Gasteiger partial charge in [0.1, 0.15) is 5.75 Å². The topological polar surface area (TPSA) is 43.2 Å². The van der Waals surface area contributed by atoms with Crippen LogP contribution < -0.4 is 4.74 Å². The Kier molecular flexibility index (Phi) is 4.63. The Bertz CT molecular complexity index is 987. The minimum Gasteiger partial charge on any atom is -0.480 e. The second-order valence-electron chi connectivity index (χ2n) is 8.72. The van der Waals surface area contributed by atoms with Gasteiger partial charge >= 0.3 is 0 Å². The van der Waals surface area contributed by atoms with Gasteiger partial charge in [-0.25, -0.2) is 4.98 Å². The van der Waals surface area contributed by atoms with E-state index in [9.17, 15) is 0 Å². The summed E-state index contributed by atoms with van der Waals surface area (Å²) in [7, 11) is 0. The van der Waals surface area contributed by atoms with Crippen molar-refractivity contribution in [3.05, 3.63) is 66.4 Å². The van der Waals surface area contributed by atoms with Crippen LogP contribution in [0.5, 0.6) is 5.75 Å². The van der Waals surface area contributed by atoms with Crippen molar-refractivity contribution in [3.8, 4) is 17.0 Å². The predicted molar refractivity (Wildman–Crippen MR) is 114 cm³/mol. The smallest absolute Gasteiger partial charge is 0.153 e. The summed E-state index contributed by atoms with van der Waals surface area (Å²) in [5.74, 6) is 1.53. The molecule has 1 spiro atoms. The second kappa shape index (κ2) is 7.30. The van der Waals surface area contributed by atoms with Crippen LogP contribution in [0.4, 0.5) is 0 Å². The average Bonchev–Trinajstić information content (AvgIpc) is 3.15. The van der Waals surface area contributed by atoms with Crippen molar-refractivity contribution in [2.45, 2.75) is 45.4 Å². The fourth-order valence-electron chi connectivity index (χ4n) is 4.76. The second-order valence-corrected chi connectivity index (χ2v) is 8.72. The maximum Gasteiger partial charge on any atom is 0.153 e. The number of imidazole rings is 1. The zero-order chi connectivity index (χ0) is 19.8. The van der Waals surface area contributed by atoms with Gasteiger partial charge < -0.3 is 9.30 Å². The van der Waals surface area contributed by atoms with Crippen LogP contribution in [0.2, 0.25) is 0 Å². The monoisotopic (exact) mass is 388 g/mol. The first-order chi connectivity index (χ1) is 14.1. The largest absolute Gasteiger partial charge is 0.480 e. The van der Waals surface area contributed by atoms with E-state index < -0.39 is 0 Å². The molecule has 0 saturated carbocycles. The summed E-state index contributed by atoms with van der Waals surface area (Å²) in [4.78, 5) is 11.6. The van der Waals surface area contributed by atoms with Crippen molar-refractivity contribution in [2.24, 2.45) is 5.92 Å².